The monoisotopic (exact) mass is 555 g/mol. The first-order valence-electron chi connectivity index (χ1n) is 9.91. The van der Waals surface area contributed by atoms with Gasteiger partial charge in [0.25, 0.3) is 0 Å². The van der Waals surface area contributed by atoms with Crippen molar-refractivity contribution in [2.75, 3.05) is 55.4 Å². The topological polar surface area (TPSA) is 93.7 Å². The highest BCUT2D eigenvalue weighted by Crippen LogP contribution is 2.34. The van der Waals surface area contributed by atoms with Gasteiger partial charge in [0.05, 0.1) is 29.1 Å². The van der Waals surface area contributed by atoms with Gasteiger partial charge in [-0.2, -0.15) is 4.98 Å². The summed E-state index contributed by atoms with van der Waals surface area (Å²) in [5, 5.41) is 3.69. The van der Waals surface area contributed by atoms with E-state index in [1.165, 1.54) is 4.90 Å². The van der Waals surface area contributed by atoms with E-state index in [-0.39, 0.29) is 11.8 Å². The number of fused-ring (bicyclic) bond motifs is 1. The van der Waals surface area contributed by atoms with Crippen molar-refractivity contribution < 1.29 is 9.59 Å². The van der Waals surface area contributed by atoms with Crippen LogP contribution in [0.4, 0.5) is 23.1 Å². The molecule has 1 atom stereocenters. The zero-order valence-corrected chi connectivity index (χ0v) is 20.1. The van der Waals surface area contributed by atoms with Gasteiger partial charge in [0, 0.05) is 44.6 Å². The second-order valence-electron chi connectivity index (χ2n) is 7.74. The van der Waals surface area contributed by atoms with Crippen molar-refractivity contribution in [1.82, 2.24) is 18.4 Å². The summed E-state index contributed by atoms with van der Waals surface area (Å²) in [6, 6.07) is 5.67. The molecule has 2 aromatic rings. The van der Waals surface area contributed by atoms with Crippen LogP contribution in [0, 0.1) is 5.92 Å². The molecule has 3 heterocycles. The molecule has 1 aromatic carbocycles. The van der Waals surface area contributed by atoms with Gasteiger partial charge in [0.1, 0.15) is 10.9 Å². The fourth-order valence-electron chi connectivity index (χ4n) is 3.83. The van der Waals surface area contributed by atoms with E-state index < -0.39 is 5.92 Å². The first-order chi connectivity index (χ1) is 14.9. The first-order valence-corrected chi connectivity index (χ1v) is 11.4. The Balaban J connectivity index is 1.57. The second-order valence-corrected chi connectivity index (χ2v) is 8.68. The number of benzene rings is 1. The molecule has 0 saturated carbocycles. The zero-order valence-electron chi connectivity index (χ0n) is 17.2. The van der Waals surface area contributed by atoms with Gasteiger partial charge in [-0.15, -0.1) is 0 Å². The number of nitrogens with one attached hydrogen (secondary N) is 2. The molecule has 2 aliphatic rings. The highest BCUT2D eigenvalue weighted by molar-refractivity contribution is 14.1. The summed E-state index contributed by atoms with van der Waals surface area (Å²) in [7, 11) is 3.78. The number of carbonyl (C=O) groups excluding carboxylic acids is 2. The second kappa shape index (κ2) is 9.13. The average molecular weight is 556 g/mol. The van der Waals surface area contributed by atoms with Crippen LogP contribution in [-0.2, 0) is 16.0 Å². The normalized spacial score (nSPS) is 19.2. The van der Waals surface area contributed by atoms with Gasteiger partial charge in [-0.3, -0.25) is 13.1 Å². The van der Waals surface area contributed by atoms with Crippen molar-refractivity contribution in [3.63, 3.8) is 0 Å². The van der Waals surface area contributed by atoms with Crippen LogP contribution in [0.3, 0.4) is 0 Å². The van der Waals surface area contributed by atoms with Gasteiger partial charge >= 0.3 is 0 Å². The SMILES string of the molecule is CN1CCN(c2ncc(Cl)c(Nc3ccc4c(c3)CC(C(=O)NI)C(=O)N4C)n2)CC1. The van der Waals surface area contributed by atoms with Crippen LogP contribution in [0.5, 0.6) is 0 Å². The van der Waals surface area contributed by atoms with Gasteiger partial charge in [-0.1, -0.05) is 11.6 Å². The first kappa shape index (κ1) is 22.0. The lowest BCUT2D eigenvalue weighted by Crippen LogP contribution is -2.45. The molecule has 2 N–H and O–H groups in total. The highest BCUT2D eigenvalue weighted by Gasteiger charge is 2.35. The minimum Gasteiger partial charge on any atom is -0.339 e. The summed E-state index contributed by atoms with van der Waals surface area (Å²) in [5.41, 5.74) is 2.47. The maximum atomic E-state index is 12.5. The Hall–Kier alpha value is -2.18. The minimum atomic E-state index is -0.740. The van der Waals surface area contributed by atoms with Crippen molar-refractivity contribution in [1.29, 1.82) is 0 Å². The predicted octanol–water partition coefficient (Wildman–Crippen LogP) is 2.23. The molecular weight excluding hydrogens is 533 g/mol. The molecule has 1 fully saturated rings. The van der Waals surface area contributed by atoms with Crippen LogP contribution in [0.1, 0.15) is 5.56 Å². The largest absolute Gasteiger partial charge is 0.339 e. The van der Waals surface area contributed by atoms with Crippen LogP contribution >= 0.6 is 34.5 Å². The van der Waals surface area contributed by atoms with E-state index in [0.29, 0.717) is 23.2 Å². The Labute approximate surface area is 199 Å². The molecule has 0 radical (unpaired) electrons. The Morgan fingerprint density at radius 2 is 1.97 bits per heavy atom. The molecule has 2 aliphatic heterocycles. The number of likely N-dealkylation sites (N-methyl/N-ethyl adjacent to an activating group) is 1. The third-order valence-corrected chi connectivity index (χ3v) is 6.49. The number of hydrogen-bond acceptors (Lipinski definition) is 7. The average Bonchev–Trinajstić information content (AvgIpc) is 2.77. The maximum absolute atomic E-state index is 12.5. The number of amides is 2. The van der Waals surface area contributed by atoms with Gasteiger partial charge in [0.2, 0.25) is 17.8 Å². The van der Waals surface area contributed by atoms with Crippen molar-refractivity contribution in [2.45, 2.75) is 6.42 Å². The van der Waals surface area contributed by atoms with Crippen LogP contribution in [0.2, 0.25) is 5.02 Å². The Bertz CT molecular complexity index is 1010. The predicted molar refractivity (Wildman–Crippen MR) is 129 cm³/mol. The number of carbonyl (C=O) groups is 2. The lowest BCUT2D eigenvalue weighted by atomic mass is 9.91. The Morgan fingerprint density at radius 3 is 2.68 bits per heavy atom. The summed E-state index contributed by atoms with van der Waals surface area (Å²) < 4.78 is 2.54. The van der Waals surface area contributed by atoms with Crippen molar-refractivity contribution >= 4 is 69.4 Å². The number of piperazine rings is 1. The van der Waals surface area contributed by atoms with E-state index >= 15 is 0 Å². The van der Waals surface area contributed by atoms with Crippen molar-refractivity contribution in [2.24, 2.45) is 5.92 Å². The van der Waals surface area contributed by atoms with E-state index in [4.69, 9.17) is 11.6 Å². The van der Waals surface area contributed by atoms with E-state index in [1.54, 1.807) is 36.1 Å². The van der Waals surface area contributed by atoms with E-state index in [1.807, 2.05) is 18.2 Å². The minimum absolute atomic E-state index is 0.210. The Kier molecular flexibility index (Phi) is 6.49. The summed E-state index contributed by atoms with van der Waals surface area (Å²) in [5.74, 6) is -0.0827. The summed E-state index contributed by atoms with van der Waals surface area (Å²) in [6.45, 7) is 3.63. The standard InChI is InChI=1S/C20H23ClIN7O2/c1-27-5-7-29(8-6-27)20-23-11-15(21)17(25-20)24-13-3-4-16-12(9-13)10-14(18(30)26-22)19(31)28(16)2/h3-4,9,11,14H,5-8,10H2,1-2H3,(H,26,30)(H,23,24,25). The number of rotatable bonds is 4. The molecule has 9 nitrogen and oxygen atoms in total. The molecule has 0 spiro atoms. The highest BCUT2D eigenvalue weighted by atomic mass is 127. The molecule has 1 saturated heterocycles. The van der Waals surface area contributed by atoms with Crippen LogP contribution in [-0.4, -0.2) is 67.0 Å². The third kappa shape index (κ3) is 4.55. The van der Waals surface area contributed by atoms with Crippen LogP contribution < -0.4 is 18.6 Å². The number of halogens is 2. The summed E-state index contributed by atoms with van der Waals surface area (Å²) in [4.78, 5) is 39.6. The molecule has 4 rings (SSSR count). The van der Waals surface area contributed by atoms with Gasteiger partial charge in [0.15, 0.2) is 5.82 Å². The fraction of sp³-hybridized carbons (Fsp3) is 0.400. The lowest BCUT2D eigenvalue weighted by Gasteiger charge is -2.32. The molecule has 0 aliphatic carbocycles. The zero-order chi connectivity index (χ0) is 22.1. The molecule has 164 valence electrons. The van der Waals surface area contributed by atoms with Crippen LogP contribution in [0.15, 0.2) is 24.4 Å². The molecule has 0 bridgehead atoms. The number of hydrogen-bond donors (Lipinski definition) is 2. The van der Waals surface area contributed by atoms with E-state index in [0.717, 1.165) is 43.1 Å². The summed E-state index contributed by atoms with van der Waals surface area (Å²) in [6.07, 6.45) is 1.95. The number of anilines is 4. The third-order valence-electron chi connectivity index (χ3n) is 5.68. The molecule has 11 heteroatoms. The lowest BCUT2D eigenvalue weighted by molar-refractivity contribution is -0.132. The van der Waals surface area contributed by atoms with Crippen LogP contribution in [0.25, 0.3) is 0 Å². The molecule has 31 heavy (non-hydrogen) atoms. The van der Waals surface area contributed by atoms with Crippen molar-refractivity contribution in [3.8, 4) is 0 Å². The quantitative estimate of drug-likeness (QED) is 0.340. The van der Waals surface area contributed by atoms with E-state index in [2.05, 4.69) is 35.7 Å². The molecular formula is C20H23ClIN7O2. The van der Waals surface area contributed by atoms with Gasteiger partial charge in [-0.05, 0) is 37.2 Å². The molecule has 1 unspecified atom stereocenters. The Morgan fingerprint density at radius 1 is 1.23 bits per heavy atom. The van der Waals surface area contributed by atoms with Gasteiger partial charge < -0.3 is 20.0 Å². The summed E-state index contributed by atoms with van der Waals surface area (Å²) >= 11 is 8.12. The fourth-order valence-corrected chi connectivity index (χ4v) is 4.34. The molecule has 1 aromatic heterocycles. The van der Waals surface area contributed by atoms with E-state index in [9.17, 15) is 9.59 Å². The number of aromatic nitrogens is 2. The smallest absolute Gasteiger partial charge is 0.241 e. The number of nitrogens with zero attached hydrogens (tertiary/aromatic N) is 5. The molecule has 2 amide bonds. The maximum Gasteiger partial charge on any atom is 0.241 e. The van der Waals surface area contributed by atoms with Gasteiger partial charge in [-0.25, -0.2) is 4.98 Å². The van der Waals surface area contributed by atoms with Crippen molar-refractivity contribution in [3.05, 3.63) is 35.0 Å².